The van der Waals surface area contributed by atoms with Gasteiger partial charge in [0, 0.05) is 10.9 Å². The number of furan rings is 1. The third kappa shape index (κ3) is 4.00. The molecule has 0 aliphatic rings. The minimum atomic E-state index is -1.70. The molecule has 28 heavy (non-hydrogen) atoms. The van der Waals surface area contributed by atoms with Crippen molar-refractivity contribution < 1.29 is 31.9 Å². The molecule has 0 bridgehead atoms. The van der Waals surface area contributed by atoms with Crippen LogP contribution in [0.1, 0.15) is 16.7 Å². The molecule has 1 N–H and O–H groups in total. The van der Waals surface area contributed by atoms with E-state index in [0.29, 0.717) is 17.2 Å². The van der Waals surface area contributed by atoms with Crippen molar-refractivity contribution in [3.63, 3.8) is 0 Å². The van der Waals surface area contributed by atoms with Crippen molar-refractivity contribution in [1.29, 1.82) is 0 Å². The first-order valence-corrected chi connectivity index (χ1v) is 8.32. The monoisotopic (exact) mass is 391 g/mol. The molecule has 0 spiro atoms. The fraction of sp³-hybridized carbons (Fsp3) is 0.200. The van der Waals surface area contributed by atoms with Crippen molar-refractivity contribution in [3.05, 3.63) is 64.7 Å². The lowest BCUT2D eigenvalue weighted by molar-refractivity contribution is -0.146. The maximum atomic E-state index is 13.5. The second-order valence-electron chi connectivity index (χ2n) is 6.30. The Labute approximate surface area is 158 Å². The first-order valence-electron chi connectivity index (χ1n) is 8.32. The number of amides is 1. The topological polar surface area (TPSA) is 68.5 Å². The Morgan fingerprint density at radius 2 is 1.79 bits per heavy atom. The van der Waals surface area contributed by atoms with E-state index in [0.717, 1.165) is 22.6 Å². The van der Waals surface area contributed by atoms with E-state index >= 15 is 0 Å². The van der Waals surface area contributed by atoms with E-state index in [9.17, 15) is 22.8 Å². The molecule has 0 atom stereocenters. The van der Waals surface area contributed by atoms with E-state index in [1.54, 1.807) is 0 Å². The van der Waals surface area contributed by atoms with Crippen molar-refractivity contribution in [3.8, 4) is 0 Å². The summed E-state index contributed by atoms with van der Waals surface area (Å²) in [7, 11) is 0. The Morgan fingerprint density at radius 3 is 2.54 bits per heavy atom. The zero-order valence-electron chi connectivity index (χ0n) is 15.1. The number of rotatable bonds is 5. The van der Waals surface area contributed by atoms with Crippen LogP contribution in [0.5, 0.6) is 0 Å². The number of anilines is 1. The van der Waals surface area contributed by atoms with Crippen molar-refractivity contribution in [2.24, 2.45) is 0 Å². The van der Waals surface area contributed by atoms with Gasteiger partial charge in [-0.1, -0.05) is 0 Å². The smallest absolute Gasteiger partial charge is 0.310 e. The molecule has 1 amide bonds. The van der Waals surface area contributed by atoms with Gasteiger partial charge >= 0.3 is 5.97 Å². The highest BCUT2D eigenvalue weighted by atomic mass is 19.2. The summed E-state index contributed by atoms with van der Waals surface area (Å²) in [6.07, 6.45) is 1.32. The fourth-order valence-electron chi connectivity index (χ4n) is 2.63. The highest BCUT2D eigenvalue weighted by Gasteiger charge is 2.17. The lowest BCUT2D eigenvalue weighted by atomic mass is 10.0. The zero-order valence-corrected chi connectivity index (χ0v) is 15.1. The second-order valence-corrected chi connectivity index (χ2v) is 6.30. The highest BCUT2D eigenvalue weighted by molar-refractivity contribution is 5.93. The van der Waals surface area contributed by atoms with Gasteiger partial charge in [0.1, 0.15) is 5.58 Å². The highest BCUT2D eigenvalue weighted by Crippen LogP contribution is 2.25. The molecule has 0 fully saturated rings. The van der Waals surface area contributed by atoms with Crippen molar-refractivity contribution in [2.75, 3.05) is 11.9 Å². The molecule has 1 heterocycles. The summed E-state index contributed by atoms with van der Waals surface area (Å²) >= 11 is 0. The molecule has 0 saturated heterocycles. The molecule has 0 unspecified atom stereocenters. The number of hydrogen-bond donors (Lipinski definition) is 1. The maximum Gasteiger partial charge on any atom is 0.310 e. The molecule has 0 radical (unpaired) electrons. The summed E-state index contributed by atoms with van der Waals surface area (Å²) < 4.78 is 49.9. The lowest BCUT2D eigenvalue weighted by Gasteiger charge is -2.08. The minimum Gasteiger partial charge on any atom is -0.464 e. The molecule has 0 saturated carbocycles. The number of esters is 1. The van der Waals surface area contributed by atoms with Gasteiger partial charge in [-0.3, -0.25) is 9.59 Å². The standard InChI is InChI=1S/C20H16F3NO4/c1-10-5-13-12(8-27-16(13)6-11(10)2)7-18(26)28-9-17(25)24-15-4-3-14(21)19(22)20(15)23/h3-6,8H,7,9H2,1-2H3,(H,24,25). The Kier molecular flexibility index (Phi) is 5.39. The van der Waals surface area contributed by atoms with E-state index in [-0.39, 0.29) is 6.42 Å². The van der Waals surface area contributed by atoms with Gasteiger partial charge in [-0.15, -0.1) is 0 Å². The summed E-state index contributed by atoms with van der Waals surface area (Å²) in [4.78, 5) is 23.8. The number of benzene rings is 2. The summed E-state index contributed by atoms with van der Waals surface area (Å²) in [5.41, 5.74) is 2.78. The van der Waals surface area contributed by atoms with Gasteiger partial charge in [-0.2, -0.15) is 0 Å². The third-order valence-corrected chi connectivity index (χ3v) is 4.28. The molecular weight excluding hydrogens is 375 g/mol. The first-order chi connectivity index (χ1) is 13.3. The van der Waals surface area contributed by atoms with Crippen LogP contribution >= 0.6 is 0 Å². The van der Waals surface area contributed by atoms with Crippen molar-refractivity contribution in [1.82, 2.24) is 0 Å². The second kappa shape index (κ2) is 7.75. The predicted octanol–water partition coefficient (Wildman–Crippen LogP) is 4.19. The first kappa shape index (κ1) is 19.5. The number of carbonyl (C=O) groups excluding carboxylic acids is 2. The molecule has 1 aromatic heterocycles. The summed E-state index contributed by atoms with van der Waals surface area (Å²) in [5, 5.41) is 2.79. The number of ether oxygens (including phenoxy) is 1. The Morgan fingerprint density at radius 1 is 1.07 bits per heavy atom. The normalized spacial score (nSPS) is 10.9. The summed E-state index contributed by atoms with van der Waals surface area (Å²) in [5.74, 6) is -6.19. The lowest BCUT2D eigenvalue weighted by Crippen LogP contribution is -2.22. The molecule has 2 aromatic carbocycles. The van der Waals surface area contributed by atoms with Crippen LogP contribution in [0.3, 0.4) is 0 Å². The van der Waals surface area contributed by atoms with Gasteiger partial charge in [0.2, 0.25) is 0 Å². The number of nitrogens with one attached hydrogen (secondary N) is 1. The van der Waals surface area contributed by atoms with Crippen LogP contribution in [0.15, 0.2) is 34.9 Å². The van der Waals surface area contributed by atoms with Gasteiger partial charge in [0.05, 0.1) is 18.4 Å². The summed E-state index contributed by atoms with van der Waals surface area (Å²) in [6, 6.07) is 5.31. The van der Waals surface area contributed by atoms with Crippen LogP contribution in [-0.4, -0.2) is 18.5 Å². The van der Waals surface area contributed by atoms with Crippen LogP contribution in [0, 0.1) is 31.3 Å². The summed E-state index contributed by atoms with van der Waals surface area (Å²) in [6.45, 7) is 3.18. The number of carbonyl (C=O) groups is 2. The molecule has 5 nitrogen and oxygen atoms in total. The molecule has 8 heteroatoms. The molecule has 0 aliphatic carbocycles. The molecule has 3 rings (SSSR count). The number of fused-ring (bicyclic) bond motifs is 1. The van der Waals surface area contributed by atoms with Gasteiger partial charge in [0.15, 0.2) is 24.1 Å². The number of hydrogen-bond acceptors (Lipinski definition) is 4. The van der Waals surface area contributed by atoms with Crippen LogP contribution in [0.2, 0.25) is 0 Å². The molecular formula is C20H16F3NO4. The predicted molar refractivity (Wildman–Crippen MR) is 95.3 cm³/mol. The van der Waals surface area contributed by atoms with Crippen molar-refractivity contribution >= 4 is 28.5 Å². The van der Waals surface area contributed by atoms with Gasteiger partial charge in [0.25, 0.3) is 5.91 Å². The SMILES string of the molecule is Cc1cc2occ(CC(=O)OCC(=O)Nc3ccc(F)c(F)c3F)c2cc1C. The maximum absolute atomic E-state index is 13.5. The molecule has 0 aliphatic heterocycles. The fourth-order valence-corrected chi connectivity index (χ4v) is 2.63. The van der Waals surface area contributed by atoms with E-state index in [1.165, 1.54) is 6.26 Å². The largest absolute Gasteiger partial charge is 0.464 e. The Balaban J connectivity index is 1.59. The minimum absolute atomic E-state index is 0.123. The van der Waals surface area contributed by atoms with E-state index < -0.39 is 41.6 Å². The Hall–Kier alpha value is -3.29. The quantitative estimate of drug-likeness (QED) is 0.523. The third-order valence-electron chi connectivity index (χ3n) is 4.28. The van der Waals surface area contributed by atoms with E-state index in [1.807, 2.05) is 31.3 Å². The average Bonchev–Trinajstić information content (AvgIpc) is 3.02. The van der Waals surface area contributed by atoms with Crippen LogP contribution in [0.25, 0.3) is 11.0 Å². The Bertz CT molecular complexity index is 1070. The van der Waals surface area contributed by atoms with Crippen LogP contribution in [0.4, 0.5) is 18.9 Å². The number of halogens is 3. The zero-order chi connectivity index (χ0) is 20.4. The van der Waals surface area contributed by atoms with Gasteiger partial charge in [-0.25, -0.2) is 13.2 Å². The number of aryl methyl sites for hydroxylation is 2. The molecule has 3 aromatic rings. The van der Waals surface area contributed by atoms with Crippen molar-refractivity contribution in [2.45, 2.75) is 20.3 Å². The molecule has 146 valence electrons. The van der Waals surface area contributed by atoms with Gasteiger partial charge < -0.3 is 14.5 Å². The van der Waals surface area contributed by atoms with Crippen LogP contribution < -0.4 is 5.32 Å². The van der Waals surface area contributed by atoms with Gasteiger partial charge in [-0.05, 0) is 49.2 Å². The van der Waals surface area contributed by atoms with Crippen LogP contribution in [-0.2, 0) is 20.7 Å². The van der Waals surface area contributed by atoms with E-state index in [4.69, 9.17) is 9.15 Å². The van der Waals surface area contributed by atoms with E-state index in [2.05, 4.69) is 0 Å². The average molecular weight is 391 g/mol.